The molecule has 3 rings (SSSR count). The highest BCUT2D eigenvalue weighted by molar-refractivity contribution is 5.98. The summed E-state index contributed by atoms with van der Waals surface area (Å²) in [7, 11) is 0. The lowest BCUT2D eigenvalue weighted by atomic mass is 9.73. The molecule has 0 unspecified atom stereocenters. The summed E-state index contributed by atoms with van der Waals surface area (Å²) in [6.45, 7) is 6.78. The molecule has 34 heavy (non-hydrogen) atoms. The summed E-state index contributed by atoms with van der Waals surface area (Å²) < 4.78 is 0. The number of hydrogen-bond donors (Lipinski definition) is 1. The minimum absolute atomic E-state index is 0.00547. The molecular formula is C25H32N4O5. The number of nitro groups is 2. The first-order valence-corrected chi connectivity index (χ1v) is 11.9. The molecule has 0 fully saturated rings. The number of unbranched alkanes of at least 4 members (excludes halogenated alkanes) is 1. The summed E-state index contributed by atoms with van der Waals surface area (Å²) in [4.78, 5) is 37.4. The van der Waals surface area contributed by atoms with Crippen LogP contribution in [0.25, 0.3) is 11.1 Å². The number of nitrogens with zero attached hydrogens (tertiary/aromatic N) is 3. The van der Waals surface area contributed by atoms with Crippen LogP contribution in [0.1, 0.15) is 70.4 Å². The molecular weight excluding hydrogens is 436 g/mol. The predicted octanol–water partition coefficient (Wildman–Crippen LogP) is 5.46. The van der Waals surface area contributed by atoms with Crippen molar-refractivity contribution in [2.24, 2.45) is 5.73 Å². The minimum atomic E-state index is -0.530. The van der Waals surface area contributed by atoms with Crippen LogP contribution in [0, 0.1) is 20.2 Å². The Labute approximate surface area is 199 Å². The van der Waals surface area contributed by atoms with Gasteiger partial charge in [-0.15, -0.1) is 0 Å². The number of amides is 1. The van der Waals surface area contributed by atoms with Crippen LogP contribution in [0.15, 0.2) is 30.3 Å². The Morgan fingerprint density at radius 3 is 2.21 bits per heavy atom. The molecule has 0 radical (unpaired) electrons. The Morgan fingerprint density at radius 1 is 0.971 bits per heavy atom. The first-order valence-electron chi connectivity index (χ1n) is 11.9. The molecule has 0 saturated carbocycles. The molecule has 2 N–H and O–H groups in total. The van der Waals surface area contributed by atoms with E-state index in [0.717, 1.165) is 23.1 Å². The zero-order chi connectivity index (χ0) is 25.0. The van der Waals surface area contributed by atoms with Gasteiger partial charge in [0, 0.05) is 36.6 Å². The van der Waals surface area contributed by atoms with Crippen molar-refractivity contribution in [1.29, 1.82) is 0 Å². The number of nitro benzene ring substituents is 2. The van der Waals surface area contributed by atoms with Crippen LogP contribution in [0.4, 0.5) is 17.1 Å². The Balaban J connectivity index is 2.28. The topological polar surface area (TPSA) is 133 Å². The van der Waals surface area contributed by atoms with E-state index in [0.29, 0.717) is 44.3 Å². The normalized spacial score (nSPS) is 13.3. The highest BCUT2D eigenvalue weighted by atomic mass is 16.6. The largest absolute Gasteiger partial charge is 0.330 e. The zero-order valence-corrected chi connectivity index (χ0v) is 20.0. The fourth-order valence-electron chi connectivity index (χ4n) is 5.08. The molecule has 2 aromatic carbocycles. The second-order valence-corrected chi connectivity index (χ2v) is 8.71. The van der Waals surface area contributed by atoms with Gasteiger partial charge in [0.1, 0.15) is 5.69 Å². The molecule has 0 aromatic heterocycles. The second kappa shape index (κ2) is 10.3. The number of benzene rings is 2. The molecule has 2 aromatic rings. The maximum atomic E-state index is 13.1. The van der Waals surface area contributed by atoms with E-state index in [2.05, 4.69) is 0 Å². The lowest BCUT2D eigenvalue weighted by molar-refractivity contribution is -0.385. The van der Waals surface area contributed by atoms with Crippen LogP contribution in [0.3, 0.4) is 0 Å². The SMILES string of the molecule is CCCCN(C(=O)CCCN)c1cc2c(cc1[N+](=O)[O-])-c1ccc([N+](=O)[O-])cc1C2(CC)CC. The molecule has 182 valence electrons. The van der Waals surface area contributed by atoms with Crippen molar-refractivity contribution in [1.82, 2.24) is 0 Å². The minimum Gasteiger partial charge on any atom is -0.330 e. The Bertz CT molecular complexity index is 1110. The predicted molar refractivity (Wildman–Crippen MR) is 132 cm³/mol. The molecule has 0 aliphatic heterocycles. The third-order valence-corrected chi connectivity index (χ3v) is 6.98. The summed E-state index contributed by atoms with van der Waals surface area (Å²) in [5, 5.41) is 23.6. The van der Waals surface area contributed by atoms with Crippen LogP contribution in [0.5, 0.6) is 0 Å². The van der Waals surface area contributed by atoms with Crippen LogP contribution in [-0.4, -0.2) is 28.8 Å². The van der Waals surface area contributed by atoms with Gasteiger partial charge in [0.05, 0.1) is 9.85 Å². The quantitative estimate of drug-likeness (QED) is 0.344. The number of fused-ring (bicyclic) bond motifs is 3. The molecule has 0 spiro atoms. The molecule has 0 heterocycles. The fraction of sp³-hybridized carbons (Fsp3) is 0.480. The Hall–Kier alpha value is -3.33. The molecule has 0 saturated heterocycles. The standard InChI is InChI=1S/C25H32N4O5/c1-4-7-13-27(24(30)9-8-12-26)22-16-21-19(15-23(22)29(33)34)18-11-10-17(28(31)32)14-20(18)25(21,5-2)6-3/h10-11,14-16H,4-9,12-13,26H2,1-3H3. The lowest BCUT2D eigenvalue weighted by Gasteiger charge is -2.31. The van der Waals surface area contributed by atoms with Crippen molar-refractivity contribution in [3.8, 4) is 11.1 Å². The van der Waals surface area contributed by atoms with Gasteiger partial charge in [-0.25, -0.2) is 0 Å². The Morgan fingerprint density at radius 2 is 1.65 bits per heavy atom. The zero-order valence-electron chi connectivity index (χ0n) is 20.0. The van der Waals surface area contributed by atoms with E-state index in [4.69, 9.17) is 5.73 Å². The maximum absolute atomic E-state index is 13.1. The van der Waals surface area contributed by atoms with E-state index in [1.807, 2.05) is 20.8 Å². The van der Waals surface area contributed by atoms with E-state index in [9.17, 15) is 25.0 Å². The molecule has 9 heteroatoms. The summed E-state index contributed by atoms with van der Waals surface area (Å²) in [6, 6.07) is 8.03. The maximum Gasteiger partial charge on any atom is 0.293 e. The van der Waals surface area contributed by atoms with Crippen LogP contribution in [-0.2, 0) is 10.2 Å². The van der Waals surface area contributed by atoms with Crippen molar-refractivity contribution < 1.29 is 14.6 Å². The summed E-state index contributed by atoms with van der Waals surface area (Å²) in [5.41, 5.74) is 8.37. The van der Waals surface area contributed by atoms with Gasteiger partial charge in [-0.05, 0) is 66.6 Å². The number of rotatable bonds is 11. The molecule has 1 amide bonds. The number of nitrogens with two attached hydrogens (primary N) is 1. The first kappa shape index (κ1) is 25.3. The van der Waals surface area contributed by atoms with Gasteiger partial charge < -0.3 is 10.6 Å². The summed E-state index contributed by atoms with van der Waals surface area (Å²) in [6.07, 6.45) is 3.59. The van der Waals surface area contributed by atoms with E-state index in [-0.39, 0.29) is 29.4 Å². The van der Waals surface area contributed by atoms with Gasteiger partial charge >= 0.3 is 0 Å². The van der Waals surface area contributed by atoms with E-state index < -0.39 is 15.3 Å². The van der Waals surface area contributed by atoms with Crippen molar-refractivity contribution in [3.05, 3.63) is 61.7 Å². The first-order chi connectivity index (χ1) is 16.2. The Kier molecular flexibility index (Phi) is 7.66. The summed E-state index contributed by atoms with van der Waals surface area (Å²) >= 11 is 0. The van der Waals surface area contributed by atoms with Crippen molar-refractivity contribution in [2.45, 2.75) is 64.7 Å². The average Bonchev–Trinajstić information content (AvgIpc) is 3.10. The second-order valence-electron chi connectivity index (χ2n) is 8.71. The number of non-ortho nitro benzene ring substituents is 1. The molecule has 1 aliphatic carbocycles. The van der Waals surface area contributed by atoms with Gasteiger partial charge in [-0.1, -0.05) is 27.2 Å². The third-order valence-electron chi connectivity index (χ3n) is 6.98. The fourth-order valence-corrected chi connectivity index (χ4v) is 5.08. The van der Waals surface area contributed by atoms with Gasteiger partial charge in [0.25, 0.3) is 11.4 Å². The third kappa shape index (κ3) is 4.27. The van der Waals surface area contributed by atoms with Gasteiger partial charge in [-0.2, -0.15) is 0 Å². The lowest BCUT2D eigenvalue weighted by Crippen LogP contribution is -2.33. The van der Waals surface area contributed by atoms with Crippen LogP contribution in [0.2, 0.25) is 0 Å². The van der Waals surface area contributed by atoms with E-state index in [1.165, 1.54) is 17.0 Å². The van der Waals surface area contributed by atoms with Crippen molar-refractivity contribution >= 4 is 23.0 Å². The van der Waals surface area contributed by atoms with E-state index >= 15 is 0 Å². The average molecular weight is 469 g/mol. The molecule has 0 atom stereocenters. The summed E-state index contributed by atoms with van der Waals surface area (Å²) in [5.74, 6) is -0.188. The highest BCUT2D eigenvalue weighted by Gasteiger charge is 2.43. The number of anilines is 1. The number of hydrogen-bond acceptors (Lipinski definition) is 6. The molecule has 0 bridgehead atoms. The van der Waals surface area contributed by atoms with Gasteiger partial charge in [0.15, 0.2) is 0 Å². The monoisotopic (exact) mass is 468 g/mol. The van der Waals surface area contributed by atoms with Crippen LogP contribution < -0.4 is 10.6 Å². The highest BCUT2D eigenvalue weighted by Crippen LogP contribution is 2.55. The molecule has 9 nitrogen and oxygen atoms in total. The van der Waals surface area contributed by atoms with Crippen molar-refractivity contribution in [2.75, 3.05) is 18.0 Å². The van der Waals surface area contributed by atoms with Gasteiger partial charge in [-0.3, -0.25) is 25.0 Å². The van der Waals surface area contributed by atoms with Gasteiger partial charge in [0.2, 0.25) is 5.91 Å². The van der Waals surface area contributed by atoms with Crippen LogP contribution >= 0.6 is 0 Å². The van der Waals surface area contributed by atoms with E-state index in [1.54, 1.807) is 18.2 Å². The van der Waals surface area contributed by atoms with Crippen molar-refractivity contribution in [3.63, 3.8) is 0 Å². The smallest absolute Gasteiger partial charge is 0.293 e. The molecule has 1 aliphatic rings. The number of carbonyl (C=O) groups is 1. The number of carbonyl (C=O) groups excluding carboxylic acids is 1.